The van der Waals surface area contributed by atoms with Crippen LogP contribution in [0, 0.1) is 5.92 Å². The normalized spacial score (nSPS) is 21.0. The minimum atomic E-state index is -0.151. The highest BCUT2D eigenvalue weighted by atomic mass is 16.5. The number of nitrogens with one attached hydrogen (secondary N) is 1. The quantitative estimate of drug-likeness (QED) is 0.913. The Bertz CT molecular complexity index is 706. The lowest BCUT2D eigenvalue weighted by Gasteiger charge is -2.28. The number of aryl methyl sites for hydroxylation is 2. The summed E-state index contributed by atoms with van der Waals surface area (Å²) in [6, 6.07) is 1.82. The van der Waals surface area contributed by atoms with Crippen LogP contribution in [-0.2, 0) is 23.6 Å². The van der Waals surface area contributed by atoms with Gasteiger partial charge in [0.2, 0.25) is 0 Å². The van der Waals surface area contributed by atoms with Crippen LogP contribution in [0.3, 0.4) is 0 Å². The van der Waals surface area contributed by atoms with E-state index in [-0.39, 0.29) is 18.6 Å². The van der Waals surface area contributed by atoms with Gasteiger partial charge in [-0.05, 0) is 18.8 Å². The van der Waals surface area contributed by atoms with Gasteiger partial charge in [-0.15, -0.1) is 0 Å². The molecule has 0 aromatic carbocycles. The minimum absolute atomic E-state index is 0.0813. The second-order valence-corrected chi connectivity index (χ2v) is 6.56. The van der Waals surface area contributed by atoms with Crippen molar-refractivity contribution < 1.29 is 9.53 Å². The average molecular weight is 331 g/mol. The lowest BCUT2D eigenvalue weighted by atomic mass is 9.88. The standard InChI is InChI=1S/C17H25N5O2/c1-12-6-4-5-7-14(12)24-11-16(23)19-15-10-13(20-22(15)3)17-18-8-9-21(17)2/h8-10,12,14H,4-7,11H2,1-3H3,(H,19,23). The van der Waals surface area contributed by atoms with Gasteiger partial charge in [-0.2, -0.15) is 5.10 Å². The lowest BCUT2D eigenvalue weighted by molar-refractivity contribution is -0.124. The first-order valence-electron chi connectivity index (χ1n) is 8.48. The number of hydrogen-bond acceptors (Lipinski definition) is 4. The first-order chi connectivity index (χ1) is 11.5. The van der Waals surface area contributed by atoms with Crippen LogP contribution in [0.4, 0.5) is 5.82 Å². The lowest BCUT2D eigenvalue weighted by Crippen LogP contribution is -2.30. The van der Waals surface area contributed by atoms with E-state index < -0.39 is 0 Å². The number of carbonyl (C=O) groups excluding carboxylic acids is 1. The van der Waals surface area contributed by atoms with Gasteiger partial charge in [0.05, 0.1) is 6.10 Å². The van der Waals surface area contributed by atoms with Gasteiger partial charge < -0.3 is 14.6 Å². The van der Waals surface area contributed by atoms with Crippen LogP contribution < -0.4 is 5.32 Å². The Labute approximate surface area is 142 Å². The molecule has 7 nitrogen and oxygen atoms in total. The number of aromatic nitrogens is 4. The summed E-state index contributed by atoms with van der Waals surface area (Å²) in [5.74, 6) is 1.78. The van der Waals surface area contributed by atoms with E-state index in [2.05, 4.69) is 22.3 Å². The summed E-state index contributed by atoms with van der Waals surface area (Å²) < 4.78 is 9.34. The molecule has 2 heterocycles. The highest BCUT2D eigenvalue weighted by molar-refractivity contribution is 5.91. The summed E-state index contributed by atoms with van der Waals surface area (Å²) in [5.41, 5.74) is 0.724. The Morgan fingerprint density at radius 1 is 1.38 bits per heavy atom. The molecular formula is C17H25N5O2. The Morgan fingerprint density at radius 2 is 2.17 bits per heavy atom. The van der Waals surface area contributed by atoms with Gasteiger partial charge in [-0.25, -0.2) is 4.98 Å². The van der Waals surface area contributed by atoms with E-state index in [0.29, 0.717) is 11.7 Å². The van der Waals surface area contributed by atoms with E-state index in [1.807, 2.05) is 23.9 Å². The second kappa shape index (κ2) is 7.17. The van der Waals surface area contributed by atoms with Gasteiger partial charge in [0.15, 0.2) is 5.82 Å². The number of imidazole rings is 1. The van der Waals surface area contributed by atoms with Crippen LogP contribution in [-0.4, -0.2) is 37.9 Å². The van der Waals surface area contributed by atoms with Gasteiger partial charge in [0.25, 0.3) is 5.91 Å². The van der Waals surface area contributed by atoms with Gasteiger partial charge in [-0.1, -0.05) is 19.8 Å². The zero-order valence-corrected chi connectivity index (χ0v) is 14.5. The van der Waals surface area contributed by atoms with Crippen molar-refractivity contribution in [1.29, 1.82) is 0 Å². The Kier molecular flexibility index (Phi) is 4.99. The summed E-state index contributed by atoms with van der Waals surface area (Å²) in [7, 11) is 3.71. The van der Waals surface area contributed by atoms with Crippen molar-refractivity contribution in [3.8, 4) is 11.5 Å². The number of rotatable bonds is 5. The molecule has 1 fully saturated rings. The van der Waals surface area contributed by atoms with Crippen LogP contribution in [0.2, 0.25) is 0 Å². The molecular weight excluding hydrogens is 306 g/mol. The molecule has 3 rings (SSSR count). The van der Waals surface area contributed by atoms with Crippen molar-refractivity contribution in [3.05, 3.63) is 18.5 Å². The fraction of sp³-hybridized carbons (Fsp3) is 0.588. The molecule has 0 saturated heterocycles. The maximum absolute atomic E-state index is 12.2. The third-order valence-electron chi connectivity index (χ3n) is 4.66. The van der Waals surface area contributed by atoms with E-state index in [1.165, 1.54) is 19.3 Å². The van der Waals surface area contributed by atoms with Crippen molar-refractivity contribution in [1.82, 2.24) is 19.3 Å². The highest BCUT2D eigenvalue weighted by Crippen LogP contribution is 2.26. The molecule has 0 spiro atoms. The molecule has 2 aromatic rings. The van der Waals surface area contributed by atoms with Gasteiger partial charge in [0, 0.05) is 32.6 Å². The highest BCUT2D eigenvalue weighted by Gasteiger charge is 2.23. The van der Waals surface area contributed by atoms with E-state index in [0.717, 1.165) is 17.9 Å². The van der Waals surface area contributed by atoms with E-state index >= 15 is 0 Å². The SMILES string of the molecule is CC1CCCCC1OCC(=O)Nc1cc(-c2nccn2C)nn1C. The summed E-state index contributed by atoms with van der Waals surface area (Å²) in [6.45, 7) is 2.28. The van der Waals surface area contributed by atoms with Crippen molar-refractivity contribution >= 4 is 11.7 Å². The molecule has 1 amide bonds. The number of nitrogens with zero attached hydrogens (tertiary/aromatic N) is 4. The third-order valence-corrected chi connectivity index (χ3v) is 4.66. The Balaban J connectivity index is 1.58. The summed E-state index contributed by atoms with van der Waals surface area (Å²) in [4.78, 5) is 16.5. The predicted octanol–water partition coefficient (Wildman–Crippen LogP) is 2.35. The van der Waals surface area contributed by atoms with Crippen LogP contribution >= 0.6 is 0 Å². The monoisotopic (exact) mass is 331 g/mol. The van der Waals surface area contributed by atoms with Crippen LogP contribution in [0.25, 0.3) is 11.5 Å². The molecule has 1 N–H and O–H groups in total. The molecule has 24 heavy (non-hydrogen) atoms. The van der Waals surface area contributed by atoms with E-state index in [4.69, 9.17) is 4.74 Å². The molecule has 0 radical (unpaired) electrons. The number of ether oxygens (including phenoxy) is 1. The van der Waals surface area contributed by atoms with Gasteiger partial charge >= 0.3 is 0 Å². The summed E-state index contributed by atoms with van der Waals surface area (Å²) >= 11 is 0. The molecule has 0 bridgehead atoms. The third kappa shape index (κ3) is 3.67. The smallest absolute Gasteiger partial charge is 0.251 e. The Morgan fingerprint density at radius 3 is 2.88 bits per heavy atom. The largest absolute Gasteiger partial charge is 0.368 e. The molecule has 0 aliphatic heterocycles. The maximum Gasteiger partial charge on any atom is 0.251 e. The number of hydrogen-bond donors (Lipinski definition) is 1. The first kappa shape index (κ1) is 16.7. The molecule has 2 unspecified atom stereocenters. The second-order valence-electron chi connectivity index (χ2n) is 6.56. The van der Waals surface area contributed by atoms with Gasteiger partial charge in [0.1, 0.15) is 18.1 Å². The van der Waals surface area contributed by atoms with E-state index in [1.54, 1.807) is 17.9 Å². The topological polar surface area (TPSA) is 74.0 Å². The minimum Gasteiger partial charge on any atom is -0.368 e. The Hall–Kier alpha value is -2.15. The number of carbonyl (C=O) groups is 1. The molecule has 2 atom stereocenters. The molecule has 130 valence electrons. The zero-order valence-electron chi connectivity index (χ0n) is 14.5. The zero-order chi connectivity index (χ0) is 17.1. The predicted molar refractivity (Wildman–Crippen MR) is 91.4 cm³/mol. The fourth-order valence-electron chi connectivity index (χ4n) is 3.20. The molecule has 1 saturated carbocycles. The van der Waals surface area contributed by atoms with Crippen molar-refractivity contribution in [2.45, 2.75) is 38.7 Å². The average Bonchev–Trinajstić information content (AvgIpc) is 3.13. The van der Waals surface area contributed by atoms with Crippen molar-refractivity contribution in [2.24, 2.45) is 20.0 Å². The number of anilines is 1. The molecule has 1 aliphatic carbocycles. The van der Waals surface area contributed by atoms with E-state index in [9.17, 15) is 4.79 Å². The van der Waals surface area contributed by atoms with Crippen LogP contribution in [0.1, 0.15) is 32.6 Å². The van der Waals surface area contributed by atoms with Crippen molar-refractivity contribution in [3.63, 3.8) is 0 Å². The van der Waals surface area contributed by atoms with Crippen LogP contribution in [0.15, 0.2) is 18.5 Å². The van der Waals surface area contributed by atoms with Crippen LogP contribution in [0.5, 0.6) is 0 Å². The molecule has 7 heteroatoms. The fourth-order valence-corrected chi connectivity index (χ4v) is 3.20. The summed E-state index contributed by atoms with van der Waals surface area (Å²) in [5, 5.41) is 7.27. The molecule has 2 aromatic heterocycles. The number of amides is 1. The maximum atomic E-state index is 12.2. The summed E-state index contributed by atoms with van der Waals surface area (Å²) in [6.07, 6.45) is 8.45. The van der Waals surface area contributed by atoms with Crippen molar-refractivity contribution in [2.75, 3.05) is 11.9 Å². The first-order valence-corrected chi connectivity index (χ1v) is 8.48. The molecule has 1 aliphatic rings. The van der Waals surface area contributed by atoms with Gasteiger partial charge in [-0.3, -0.25) is 9.48 Å².